The van der Waals surface area contributed by atoms with Crippen LogP contribution in [0, 0.1) is 5.92 Å². The summed E-state index contributed by atoms with van der Waals surface area (Å²) in [6, 6.07) is 5.41. The van der Waals surface area contributed by atoms with Crippen molar-refractivity contribution in [3.8, 4) is 0 Å². The lowest BCUT2D eigenvalue weighted by Gasteiger charge is -2.20. The summed E-state index contributed by atoms with van der Waals surface area (Å²) < 4.78 is 0. The third-order valence-corrected chi connectivity index (χ3v) is 5.12. The van der Waals surface area contributed by atoms with Gasteiger partial charge < -0.3 is 10.1 Å². The molecule has 0 saturated heterocycles. The minimum absolute atomic E-state index is 0.00272. The number of rotatable bonds is 5. The van der Waals surface area contributed by atoms with Crippen LogP contribution >= 0.6 is 34.8 Å². The molecule has 1 heterocycles. The van der Waals surface area contributed by atoms with Crippen LogP contribution in [-0.4, -0.2) is 26.4 Å². The molecule has 0 spiro atoms. The number of fused-ring (bicyclic) bond motifs is 1. The fourth-order valence-electron chi connectivity index (χ4n) is 2.83. The van der Waals surface area contributed by atoms with E-state index in [1.807, 2.05) is 12.1 Å². The number of hydrogen-bond donors (Lipinski definition) is 2. The van der Waals surface area contributed by atoms with Gasteiger partial charge in [-0.2, -0.15) is 0 Å². The topological polar surface area (TPSA) is 66.0 Å². The average molecular weight is 386 g/mol. The number of benzene rings is 1. The first-order chi connectivity index (χ1) is 11.4. The standard InChI is InChI=1S/C17H15Cl3N2O2/c18-11-2-4-14-15(8-11)22-16(21-14)6-10(7-17(23)24)9-1-3-12(19)13(20)5-9/h1-2,4-5,8,10,12H,3,6-7H2,(H,21,22)(H,23,24). The quantitative estimate of drug-likeness (QED) is 0.719. The van der Waals surface area contributed by atoms with Gasteiger partial charge in [-0.25, -0.2) is 4.98 Å². The van der Waals surface area contributed by atoms with Gasteiger partial charge in [-0.3, -0.25) is 4.79 Å². The van der Waals surface area contributed by atoms with E-state index in [1.165, 1.54) is 0 Å². The molecule has 2 aromatic rings. The number of aromatic nitrogens is 2. The number of carboxylic acid groups (broad SMARTS) is 1. The molecule has 1 aromatic heterocycles. The highest BCUT2D eigenvalue weighted by Gasteiger charge is 2.23. The summed E-state index contributed by atoms with van der Waals surface area (Å²) in [7, 11) is 0. The summed E-state index contributed by atoms with van der Waals surface area (Å²) >= 11 is 18.2. The van der Waals surface area contributed by atoms with Crippen molar-refractivity contribution in [2.45, 2.75) is 24.6 Å². The number of H-pyrrole nitrogens is 1. The second-order valence-corrected chi connectivity index (χ2v) is 7.18. The van der Waals surface area contributed by atoms with Gasteiger partial charge in [-0.05, 0) is 36.3 Å². The summed E-state index contributed by atoms with van der Waals surface area (Å²) in [5.74, 6) is -0.369. The molecule has 0 amide bonds. The van der Waals surface area contributed by atoms with Gasteiger partial charge in [0.05, 0.1) is 22.8 Å². The molecule has 0 saturated carbocycles. The Hall–Kier alpha value is -1.49. The Balaban J connectivity index is 1.87. The van der Waals surface area contributed by atoms with E-state index in [9.17, 15) is 9.90 Å². The first-order valence-corrected chi connectivity index (χ1v) is 8.69. The highest BCUT2D eigenvalue weighted by atomic mass is 35.5. The van der Waals surface area contributed by atoms with Crippen molar-refractivity contribution >= 4 is 51.8 Å². The van der Waals surface area contributed by atoms with Gasteiger partial charge in [0.2, 0.25) is 0 Å². The number of nitrogens with one attached hydrogen (secondary N) is 1. The fourth-order valence-corrected chi connectivity index (χ4v) is 3.37. The van der Waals surface area contributed by atoms with Gasteiger partial charge in [-0.1, -0.05) is 29.3 Å². The second kappa shape index (κ2) is 7.18. The Morgan fingerprint density at radius 1 is 1.42 bits per heavy atom. The molecule has 7 heteroatoms. The van der Waals surface area contributed by atoms with E-state index in [-0.39, 0.29) is 17.7 Å². The van der Waals surface area contributed by atoms with Gasteiger partial charge in [0, 0.05) is 22.4 Å². The molecule has 126 valence electrons. The largest absolute Gasteiger partial charge is 0.481 e. The molecule has 2 atom stereocenters. The summed E-state index contributed by atoms with van der Waals surface area (Å²) in [5.41, 5.74) is 2.52. The maximum absolute atomic E-state index is 11.3. The zero-order valence-electron chi connectivity index (χ0n) is 12.6. The summed E-state index contributed by atoms with van der Waals surface area (Å²) in [4.78, 5) is 19.0. The van der Waals surface area contributed by atoms with Gasteiger partial charge in [-0.15, -0.1) is 11.6 Å². The first-order valence-electron chi connectivity index (χ1n) is 7.49. The van der Waals surface area contributed by atoms with Gasteiger partial charge >= 0.3 is 5.97 Å². The van der Waals surface area contributed by atoms with E-state index in [1.54, 1.807) is 18.2 Å². The summed E-state index contributed by atoms with van der Waals surface area (Å²) in [6.07, 6.45) is 4.79. The smallest absolute Gasteiger partial charge is 0.303 e. The fraction of sp³-hybridized carbons (Fsp3) is 0.294. The van der Waals surface area contributed by atoms with E-state index in [2.05, 4.69) is 9.97 Å². The van der Waals surface area contributed by atoms with Gasteiger partial charge in [0.25, 0.3) is 0 Å². The van der Waals surface area contributed by atoms with E-state index < -0.39 is 5.97 Å². The predicted molar refractivity (Wildman–Crippen MR) is 96.8 cm³/mol. The lowest BCUT2D eigenvalue weighted by Crippen LogP contribution is -2.16. The number of imidazole rings is 1. The number of halogens is 3. The zero-order valence-corrected chi connectivity index (χ0v) is 14.9. The Morgan fingerprint density at radius 2 is 2.21 bits per heavy atom. The lowest BCUT2D eigenvalue weighted by molar-refractivity contribution is -0.137. The van der Waals surface area contributed by atoms with E-state index in [4.69, 9.17) is 34.8 Å². The van der Waals surface area contributed by atoms with Crippen molar-refractivity contribution < 1.29 is 9.90 Å². The molecule has 1 aromatic carbocycles. The van der Waals surface area contributed by atoms with Crippen LogP contribution in [0.25, 0.3) is 11.0 Å². The third kappa shape index (κ3) is 3.94. The number of carbonyl (C=O) groups is 1. The van der Waals surface area contributed by atoms with Crippen molar-refractivity contribution in [2.75, 3.05) is 0 Å². The molecule has 0 fully saturated rings. The van der Waals surface area contributed by atoms with Gasteiger partial charge in [0.1, 0.15) is 5.82 Å². The lowest BCUT2D eigenvalue weighted by atomic mass is 9.88. The van der Waals surface area contributed by atoms with Crippen LogP contribution in [0.5, 0.6) is 0 Å². The van der Waals surface area contributed by atoms with E-state index in [0.717, 1.165) is 22.4 Å². The molecule has 0 radical (unpaired) electrons. The minimum Gasteiger partial charge on any atom is -0.481 e. The second-order valence-electron chi connectivity index (χ2n) is 5.78. The number of nitrogens with zero attached hydrogens (tertiary/aromatic N) is 1. The van der Waals surface area contributed by atoms with Crippen LogP contribution < -0.4 is 0 Å². The SMILES string of the molecule is O=C(O)CC(Cc1nc2ccc(Cl)cc2[nH]1)C1=CCC(Cl)C(Cl)=C1. The van der Waals surface area contributed by atoms with Crippen LogP contribution in [-0.2, 0) is 11.2 Å². The monoisotopic (exact) mass is 384 g/mol. The molecule has 0 bridgehead atoms. The molecule has 1 aliphatic carbocycles. The predicted octanol–water partition coefficient (Wildman–Crippen LogP) is 4.91. The molecular weight excluding hydrogens is 371 g/mol. The highest BCUT2D eigenvalue weighted by molar-refractivity contribution is 6.37. The van der Waals surface area contributed by atoms with E-state index in [0.29, 0.717) is 22.9 Å². The number of aliphatic carboxylic acids is 1. The van der Waals surface area contributed by atoms with Crippen LogP contribution in [0.3, 0.4) is 0 Å². The maximum atomic E-state index is 11.3. The number of alkyl halides is 1. The van der Waals surface area contributed by atoms with Crippen molar-refractivity contribution in [1.82, 2.24) is 9.97 Å². The van der Waals surface area contributed by atoms with E-state index >= 15 is 0 Å². The van der Waals surface area contributed by atoms with Crippen LogP contribution in [0.1, 0.15) is 18.7 Å². The number of aromatic amines is 1. The Morgan fingerprint density at radius 3 is 2.92 bits per heavy atom. The molecule has 2 unspecified atom stereocenters. The Bertz CT molecular complexity index is 841. The number of hydrogen-bond acceptors (Lipinski definition) is 2. The maximum Gasteiger partial charge on any atom is 0.303 e. The normalized spacial score (nSPS) is 19.0. The zero-order chi connectivity index (χ0) is 17.3. The van der Waals surface area contributed by atoms with Crippen molar-refractivity contribution in [3.63, 3.8) is 0 Å². The molecule has 24 heavy (non-hydrogen) atoms. The minimum atomic E-state index is -0.863. The molecular formula is C17H15Cl3N2O2. The number of carboxylic acids is 1. The van der Waals surface area contributed by atoms with Crippen molar-refractivity contribution in [1.29, 1.82) is 0 Å². The molecule has 4 nitrogen and oxygen atoms in total. The Labute approximate surface area is 154 Å². The molecule has 0 aliphatic heterocycles. The van der Waals surface area contributed by atoms with Crippen LogP contribution in [0.4, 0.5) is 0 Å². The summed E-state index contributed by atoms with van der Waals surface area (Å²) in [5, 5.41) is 10.2. The van der Waals surface area contributed by atoms with Crippen molar-refractivity contribution in [2.24, 2.45) is 5.92 Å². The average Bonchev–Trinajstić information content (AvgIpc) is 2.90. The van der Waals surface area contributed by atoms with Gasteiger partial charge in [0.15, 0.2) is 0 Å². The molecule has 1 aliphatic rings. The Kier molecular flexibility index (Phi) is 5.18. The summed E-state index contributed by atoms with van der Waals surface area (Å²) in [6.45, 7) is 0. The van der Waals surface area contributed by atoms with Crippen LogP contribution in [0.15, 0.2) is 41.0 Å². The van der Waals surface area contributed by atoms with Crippen molar-refractivity contribution in [3.05, 3.63) is 51.8 Å². The van der Waals surface area contributed by atoms with Crippen LogP contribution in [0.2, 0.25) is 5.02 Å². The first kappa shape index (κ1) is 17.3. The highest BCUT2D eigenvalue weighted by Crippen LogP contribution is 2.32. The molecule has 3 rings (SSSR count). The molecule has 2 N–H and O–H groups in total. The number of allylic oxidation sites excluding steroid dienone is 4. The third-order valence-electron chi connectivity index (χ3n) is 3.99.